The van der Waals surface area contributed by atoms with Gasteiger partial charge in [0, 0.05) is 50.3 Å². The van der Waals surface area contributed by atoms with Crippen LogP contribution in [-0.2, 0) is 21.1 Å². The molecule has 0 spiro atoms. The van der Waals surface area contributed by atoms with Crippen molar-refractivity contribution < 1.29 is 26.2 Å². The van der Waals surface area contributed by atoms with Crippen molar-refractivity contribution in [3.63, 3.8) is 0 Å². The Labute approximate surface area is 188 Å². The molecule has 5 rings (SSSR count). The van der Waals surface area contributed by atoms with E-state index >= 15 is 0 Å². The summed E-state index contributed by atoms with van der Waals surface area (Å²) < 4.78 is 2.03. The number of rotatable bonds is 3. The molecular formula is C24H18N4OPt. The van der Waals surface area contributed by atoms with Gasteiger partial charge in [-0.1, -0.05) is 24.3 Å². The summed E-state index contributed by atoms with van der Waals surface area (Å²) in [6.07, 6.45) is 3.74. The average molecular weight is 574 g/mol. The molecule has 0 aliphatic rings. The average Bonchev–Trinajstić information content (AvgIpc) is 3.11. The fourth-order valence-electron chi connectivity index (χ4n) is 3.56. The predicted octanol–water partition coefficient (Wildman–Crippen LogP) is 5.14. The van der Waals surface area contributed by atoms with E-state index in [4.69, 9.17) is 9.97 Å². The number of hydrogen-bond acceptors (Lipinski definition) is 4. The molecule has 4 heterocycles. The van der Waals surface area contributed by atoms with Gasteiger partial charge in [0.1, 0.15) is 11.4 Å². The number of pyridine rings is 3. The molecule has 0 unspecified atom stereocenters. The number of phenols is 1. The van der Waals surface area contributed by atoms with Crippen molar-refractivity contribution in [3.8, 4) is 39.7 Å². The van der Waals surface area contributed by atoms with E-state index < -0.39 is 0 Å². The maximum absolute atomic E-state index is 10.3. The normalized spacial score (nSPS) is 10.7. The molecule has 1 aromatic carbocycles. The smallest absolute Gasteiger partial charge is 0.147 e. The molecule has 5 aromatic rings. The third kappa shape index (κ3) is 3.42. The third-order valence-electron chi connectivity index (χ3n) is 5.00. The van der Waals surface area contributed by atoms with Gasteiger partial charge >= 0.3 is 0 Å². The Morgan fingerprint density at radius 3 is 2.27 bits per heavy atom. The van der Waals surface area contributed by atoms with Crippen molar-refractivity contribution in [1.29, 1.82) is 0 Å². The van der Waals surface area contributed by atoms with Gasteiger partial charge in [0.15, 0.2) is 0 Å². The summed E-state index contributed by atoms with van der Waals surface area (Å²) in [5.74, 6) is 0.218. The van der Waals surface area contributed by atoms with Crippen LogP contribution in [0.1, 0.15) is 5.69 Å². The van der Waals surface area contributed by atoms with E-state index in [2.05, 4.69) is 4.98 Å². The van der Waals surface area contributed by atoms with Crippen molar-refractivity contribution in [2.75, 3.05) is 0 Å². The van der Waals surface area contributed by atoms with E-state index in [9.17, 15) is 5.11 Å². The number of fused-ring (bicyclic) bond motifs is 1. The molecule has 0 saturated carbocycles. The zero-order chi connectivity index (χ0) is 19.8. The second kappa shape index (κ2) is 8.21. The summed E-state index contributed by atoms with van der Waals surface area (Å²) in [6.45, 7) is 2.00. The first-order valence-corrected chi connectivity index (χ1v) is 9.37. The summed E-state index contributed by atoms with van der Waals surface area (Å²) in [7, 11) is 0. The number of aryl methyl sites for hydroxylation is 1. The van der Waals surface area contributed by atoms with Crippen molar-refractivity contribution >= 4 is 5.65 Å². The molecule has 0 fully saturated rings. The molecule has 0 bridgehead atoms. The van der Waals surface area contributed by atoms with Gasteiger partial charge in [-0.15, -0.1) is 0 Å². The molecule has 1 N–H and O–H groups in total. The maximum Gasteiger partial charge on any atom is 0.147 e. The van der Waals surface area contributed by atoms with E-state index in [0.717, 1.165) is 45.2 Å². The van der Waals surface area contributed by atoms with Crippen LogP contribution in [0.2, 0.25) is 0 Å². The fourth-order valence-corrected chi connectivity index (χ4v) is 3.56. The largest absolute Gasteiger partial charge is 0.507 e. The first-order chi connectivity index (χ1) is 14.2. The fraction of sp³-hybridized carbons (Fsp3) is 0.0417. The number of hydrogen-bond donors (Lipinski definition) is 1. The van der Waals surface area contributed by atoms with Crippen LogP contribution in [0.5, 0.6) is 5.75 Å². The van der Waals surface area contributed by atoms with E-state index in [1.807, 2.05) is 84.3 Å². The maximum atomic E-state index is 10.3. The van der Waals surface area contributed by atoms with Crippen LogP contribution in [-0.4, -0.2) is 24.5 Å². The molecule has 0 aliphatic carbocycles. The van der Waals surface area contributed by atoms with Gasteiger partial charge < -0.3 is 9.51 Å². The summed E-state index contributed by atoms with van der Waals surface area (Å²) in [5, 5.41) is 10.3. The van der Waals surface area contributed by atoms with Crippen LogP contribution in [0.4, 0.5) is 0 Å². The van der Waals surface area contributed by atoms with Gasteiger partial charge in [-0.05, 0) is 55.5 Å². The minimum atomic E-state index is 0. The topological polar surface area (TPSA) is 63.3 Å². The monoisotopic (exact) mass is 573 g/mol. The van der Waals surface area contributed by atoms with Crippen LogP contribution in [0, 0.1) is 6.92 Å². The Balaban J connectivity index is 0.00000218. The van der Waals surface area contributed by atoms with Crippen LogP contribution < -0.4 is 0 Å². The molecule has 0 saturated heterocycles. The molecule has 4 aromatic heterocycles. The zero-order valence-corrected chi connectivity index (χ0v) is 18.4. The van der Waals surface area contributed by atoms with Crippen molar-refractivity contribution in [1.82, 2.24) is 19.4 Å². The number of phenolic OH excluding ortho intramolecular Hbond substituents is 1. The Bertz CT molecular complexity index is 1330. The Morgan fingerprint density at radius 1 is 0.733 bits per heavy atom. The van der Waals surface area contributed by atoms with Crippen molar-refractivity contribution in [2.24, 2.45) is 0 Å². The number of benzene rings is 1. The van der Waals surface area contributed by atoms with E-state index in [-0.39, 0.29) is 26.8 Å². The predicted molar refractivity (Wildman–Crippen MR) is 113 cm³/mol. The minimum Gasteiger partial charge on any atom is -0.507 e. The molecular weight excluding hydrogens is 555 g/mol. The zero-order valence-electron chi connectivity index (χ0n) is 16.1. The first-order valence-electron chi connectivity index (χ1n) is 9.37. The van der Waals surface area contributed by atoms with Crippen LogP contribution in [0.15, 0.2) is 85.2 Å². The summed E-state index contributed by atoms with van der Waals surface area (Å²) in [4.78, 5) is 14.1. The molecule has 0 amide bonds. The summed E-state index contributed by atoms with van der Waals surface area (Å²) in [5.41, 5.74) is 6.64. The minimum absolute atomic E-state index is 0. The summed E-state index contributed by atoms with van der Waals surface area (Å²) >= 11 is 0. The number of aromatic hydroxyl groups is 1. The van der Waals surface area contributed by atoms with Crippen LogP contribution in [0.3, 0.4) is 0 Å². The van der Waals surface area contributed by atoms with Gasteiger partial charge in [0.2, 0.25) is 0 Å². The van der Waals surface area contributed by atoms with Crippen LogP contribution >= 0.6 is 0 Å². The van der Waals surface area contributed by atoms with Crippen LogP contribution in [0.25, 0.3) is 39.5 Å². The standard InChI is InChI=1S/C24H18N4O.Pt/c1-16-23(18-8-2-3-13-22(18)29)27-24-17(9-7-15-28(16)24)19-11-6-12-21(26-19)20-10-4-5-14-25-20;/h2-15,29H,1H3;. The second-order valence-electron chi connectivity index (χ2n) is 6.80. The number of aromatic nitrogens is 4. The first kappa shape index (κ1) is 20.0. The quantitative estimate of drug-likeness (QED) is 0.325. The number of imidazole rings is 1. The Morgan fingerprint density at radius 2 is 1.47 bits per heavy atom. The van der Waals surface area contributed by atoms with E-state index in [1.165, 1.54) is 0 Å². The van der Waals surface area contributed by atoms with E-state index in [1.54, 1.807) is 12.3 Å². The number of para-hydroxylation sites is 1. The number of nitrogens with zero attached hydrogens (tertiary/aromatic N) is 4. The molecule has 5 nitrogen and oxygen atoms in total. The molecule has 0 atom stereocenters. The van der Waals surface area contributed by atoms with Gasteiger partial charge in [-0.2, -0.15) is 0 Å². The summed E-state index contributed by atoms with van der Waals surface area (Å²) in [6, 6.07) is 23.0. The van der Waals surface area contributed by atoms with Crippen molar-refractivity contribution in [3.05, 3.63) is 90.9 Å². The van der Waals surface area contributed by atoms with Gasteiger partial charge in [-0.3, -0.25) is 4.98 Å². The van der Waals surface area contributed by atoms with E-state index in [0.29, 0.717) is 0 Å². The molecule has 0 aliphatic heterocycles. The van der Waals surface area contributed by atoms with Gasteiger partial charge in [0.25, 0.3) is 0 Å². The molecule has 0 radical (unpaired) electrons. The Hall–Kier alpha value is -3.30. The van der Waals surface area contributed by atoms with Gasteiger partial charge in [0.05, 0.1) is 22.8 Å². The molecule has 6 heteroatoms. The molecule has 30 heavy (non-hydrogen) atoms. The third-order valence-corrected chi connectivity index (χ3v) is 5.00. The second-order valence-corrected chi connectivity index (χ2v) is 6.80. The molecule has 150 valence electrons. The SMILES string of the molecule is Cc1c(-c2ccccc2O)nc2c(-c3cccc(-c4ccccn4)n3)cccn12.[Pt]. The Kier molecular flexibility index (Phi) is 5.47. The van der Waals surface area contributed by atoms with Gasteiger partial charge in [-0.25, -0.2) is 9.97 Å². The van der Waals surface area contributed by atoms with Crippen molar-refractivity contribution in [2.45, 2.75) is 6.92 Å².